The molecule has 0 saturated heterocycles. The lowest BCUT2D eigenvalue weighted by Crippen LogP contribution is -2.55. The summed E-state index contributed by atoms with van der Waals surface area (Å²) in [5.41, 5.74) is 2.27. The lowest BCUT2D eigenvalue weighted by atomic mass is 10.0. The van der Waals surface area contributed by atoms with E-state index >= 15 is 0 Å². The minimum absolute atomic E-state index is 0.0917. The highest BCUT2D eigenvalue weighted by molar-refractivity contribution is 6.01. The number of amides is 3. The summed E-state index contributed by atoms with van der Waals surface area (Å²) in [5, 5.41) is 5.67. The van der Waals surface area contributed by atoms with Crippen molar-refractivity contribution in [2.24, 2.45) is 5.92 Å². The molecule has 186 valence electrons. The number of benzene rings is 2. The zero-order valence-electron chi connectivity index (χ0n) is 20.8. The molecule has 0 bridgehead atoms. The molecule has 1 fully saturated rings. The molecule has 7 heteroatoms. The van der Waals surface area contributed by atoms with Gasteiger partial charge in [0.25, 0.3) is 0 Å². The van der Waals surface area contributed by atoms with Crippen LogP contribution in [0.2, 0.25) is 0 Å². The topological polar surface area (TPSA) is 87.7 Å². The van der Waals surface area contributed by atoms with Gasteiger partial charge in [0.1, 0.15) is 17.7 Å². The van der Waals surface area contributed by atoms with Crippen molar-refractivity contribution in [3.05, 3.63) is 65.7 Å². The number of rotatable bonds is 7. The molecule has 1 aliphatic heterocycles. The summed E-state index contributed by atoms with van der Waals surface area (Å²) in [7, 11) is 0. The van der Waals surface area contributed by atoms with Crippen LogP contribution in [0, 0.1) is 5.92 Å². The molecule has 2 aromatic carbocycles. The van der Waals surface area contributed by atoms with Crippen molar-refractivity contribution in [1.82, 2.24) is 10.6 Å². The van der Waals surface area contributed by atoms with E-state index in [2.05, 4.69) is 16.7 Å². The number of aryl methyl sites for hydroxylation is 1. The van der Waals surface area contributed by atoms with Gasteiger partial charge >= 0.3 is 6.09 Å². The number of para-hydroxylation sites is 1. The van der Waals surface area contributed by atoms with Crippen LogP contribution < -0.4 is 15.5 Å². The summed E-state index contributed by atoms with van der Waals surface area (Å²) in [6, 6.07) is 15.9. The van der Waals surface area contributed by atoms with Gasteiger partial charge in [-0.15, -0.1) is 0 Å². The smallest absolute Gasteiger partial charge is 0.408 e. The van der Waals surface area contributed by atoms with Gasteiger partial charge in [-0.1, -0.05) is 48.5 Å². The Balaban J connectivity index is 1.51. The molecule has 1 aliphatic carbocycles. The van der Waals surface area contributed by atoms with Crippen LogP contribution >= 0.6 is 0 Å². The van der Waals surface area contributed by atoms with Crippen LogP contribution in [0.25, 0.3) is 0 Å². The monoisotopic (exact) mass is 477 g/mol. The summed E-state index contributed by atoms with van der Waals surface area (Å²) >= 11 is 0. The fraction of sp³-hybridized carbons (Fsp3) is 0.464. The molecule has 2 aromatic rings. The highest BCUT2D eigenvalue weighted by atomic mass is 16.6. The van der Waals surface area contributed by atoms with Crippen molar-refractivity contribution in [3.8, 4) is 0 Å². The van der Waals surface area contributed by atoms with Crippen LogP contribution in [0.3, 0.4) is 0 Å². The highest BCUT2D eigenvalue weighted by Gasteiger charge is 2.36. The summed E-state index contributed by atoms with van der Waals surface area (Å²) in [6.07, 6.45) is 3.08. The maximum absolute atomic E-state index is 13.6. The summed E-state index contributed by atoms with van der Waals surface area (Å²) in [4.78, 5) is 41.4. The second kappa shape index (κ2) is 10.5. The maximum atomic E-state index is 13.6. The van der Waals surface area contributed by atoms with Crippen LogP contribution in [-0.4, -0.2) is 42.1 Å². The van der Waals surface area contributed by atoms with Gasteiger partial charge in [0.2, 0.25) is 11.8 Å². The van der Waals surface area contributed by atoms with E-state index in [-0.39, 0.29) is 5.91 Å². The quantitative estimate of drug-likeness (QED) is 0.631. The largest absolute Gasteiger partial charge is 0.444 e. The van der Waals surface area contributed by atoms with Gasteiger partial charge in [0.15, 0.2) is 0 Å². The highest BCUT2D eigenvalue weighted by Crippen LogP contribution is 2.34. The van der Waals surface area contributed by atoms with Crippen molar-refractivity contribution in [2.75, 3.05) is 11.4 Å². The zero-order chi connectivity index (χ0) is 25.0. The van der Waals surface area contributed by atoms with Crippen LogP contribution in [0.5, 0.6) is 0 Å². The third kappa shape index (κ3) is 6.84. The average Bonchev–Trinajstić information content (AvgIpc) is 3.64. The van der Waals surface area contributed by atoms with Gasteiger partial charge < -0.3 is 20.3 Å². The molecule has 1 saturated carbocycles. The molecule has 4 rings (SSSR count). The summed E-state index contributed by atoms with van der Waals surface area (Å²) < 4.78 is 5.39. The molecule has 35 heavy (non-hydrogen) atoms. The fourth-order valence-corrected chi connectivity index (χ4v) is 4.38. The van der Waals surface area contributed by atoms with Crippen molar-refractivity contribution >= 4 is 23.6 Å². The Morgan fingerprint density at radius 3 is 2.40 bits per heavy atom. The molecule has 3 amide bonds. The van der Waals surface area contributed by atoms with Crippen molar-refractivity contribution in [3.63, 3.8) is 0 Å². The van der Waals surface area contributed by atoms with E-state index in [1.54, 1.807) is 20.8 Å². The van der Waals surface area contributed by atoms with Gasteiger partial charge in [-0.25, -0.2) is 4.79 Å². The SMILES string of the molecule is CC(C)(C)OC(=O)N[C@H](Cc1ccccc1)C(=O)N[C@@H]1CCc2ccccc2N(CC2CC2)C1=O. The van der Waals surface area contributed by atoms with Crippen LogP contribution in [0.15, 0.2) is 54.6 Å². The third-order valence-corrected chi connectivity index (χ3v) is 6.29. The number of alkyl carbamates (subject to hydrolysis) is 1. The maximum Gasteiger partial charge on any atom is 0.408 e. The first kappa shape index (κ1) is 24.8. The zero-order valence-corrected chi connectivity index (χ0v) is 20.8. The van der Waals surface area contributed by atoms with Crippen LogP contribution in [0.1, 0.15) is 51.2 Å². The Morgan fingerprint density at radius 2 is 1.71 bits per heavy atom. The molecular formula is C28H35N3O4. The number of ether oxygens (including phenoxy) is 1. The number of anilines is 1. The van der Waals surface area contributed by atoms with E-state index in [1.807, 2.05) is 53.4 Å². The van der Waals surface area contributed by atoms with Crippen molar-refractivity contribution < 1.29 is 19.1 Å². The van der Waals surface area contributed by atoms with E-state index in [0.717, 1.165) is 29.7 Å². The normalized spacial score (nSPS) is 18.8. The average molecular weight is 478 g/mol. The van der Waals surface area contributed by atoms with E-state index in [1.165, 1.54) is 0 Å². The molecule has 0 unspecified atom stereocenters. The van der Waals surface area contributed by atoms with Crippen LogP contribution in [0.4, 0.5) is 10.5 Å². The number of hydrogen-bond acceptors (Lipinski definition) is 4. The molecule has 7 nitrogen and oxygen atoms in total. The summed E-state index contributed by atoms with van der Waals surface area (Å²) in [6.45, 7) is 5.99. The number of carbonyl (C=O) groups is 3. The first-order valence-corrected chi connectivity index (χ1v) is 12.4. The van der Waals surface area contributed by atoms with E-state index in [4.69, 9.17) is 4.74 Å². The summed E-state index contributed by atoms with van der Waals surface area (Å²) in [5.74, 6) is 0.0300. The Bertz CT molecular complexity index is 1060. The molecule has 0 aromatic heterocycles. The molecule has 2 N–H and O–H groups in total. The predicted molar refractivity (Wildman–Crippen MR) is 135 cm³/mol. The van der Waals surface area contributed by atoms with Gasteiger partial charge in [-0.2, -0.15) is 0 Å². The second-order valence-corrected chi connectivity index (χ2v) is 10.5. The van der Waals surface area contributed by atoms with Gasteiger partial charge in [-0.3, -0.25) is 9.59 Å². The van der Waals surface area contributed by atoms with Crippen molar-refractivity contribution in [2.45, 2.75) is 70.6 Å². The number of fused-ring (bicyclic) bond motifs is 1. The fourth-order valence-electron chi connectivity index (χ4n) is 4.38. The Labute approximate surface area is 207 Å². The second-order valence-electron chi connectivity index (χ2n) is 10.5. The molecule has 2 atom stereocenters. The minimum atomic E-state index is -0.873. The number of nitrogens with one attached hydrogen (secondary N) is 2. The van der Waals surface area contributed by atoms with Gasteiger partial charge in [0, 0.05) is 18.7 Å². The Hall–Kier alpha value is -3.35. The van der Waals surface area contributed by atoms with E-state index in [9.17, 15) is 14.4 Å². The molecule has 1 heterocycles. The first-order chi connectivity index (χ1) is 16.7. The number of nitrogens with zero attached hydrogens (tertiary/aromatic N) is 1. The lowest BCUT2D eigenvalue weighted by Gasteiger charge is -2.28. The number of carbonyl (C=O) groups excluding carboxylic acids is 3. The molecule has 0 radical (unpaired) electrons. The predicted octanol–water partition coefficient (Wildman–Crippen LogP) is 4.00. The van der Waals surface area contributed by atoms with E-state index in [0.29, 0.717) is 31.7 Å². The molecule has 2 aliphatic rings. The molecular weight excluding hydrogens is 442 g/mol. The first-order valence-electron chi connectivity index (χ1n) is 12.4. The lowest BCUT2D eigenvalue weighted by molar-refractivity contribution is -0.128. The third-order valence-electron chi connectivity index (χ3n) is 6.29. The van der Waals surface area contributed by atoms with E-state index < -0.39 is 29.7 Å². The standard InChI is InChI=1S/C28H35N3O4/c1-28(2,3)35-27(34)30-23(17-19-9-5-4-6-10-19)25(32)29-22-16-15-21-11-7-8-12-24(21)31(26(22)33)18-20-13-14-20/h4-12,20,22-23H,13-18H2,1-3H3,(H,29,32)(H,30,34)/t22-,23-/m1/s1. The Morgan fingerprint density at radius 1 is 1.03 bits per heavy atom. The number of hydrogen-bond donors (Lipinski definition) is 2. The molecule has 0 spiro atoms. The minimum Gasteiger partial charge on any atom is -0.444 e. The van der Waals surface area contributed by atoms with Gasteiger partial charge in [-0.05, 0) is 69.6 Å². The van der Waals surface area contributed by atoms with Crippen LogP contribution in [-0.2, 0) is 27.2 Å². The van der Waals surface area contributed by atoms with Gasteiger partial charge in [0.05, 0.1) is 0 Å². The Kier molecular flexibility index (Phi) is 7.43. The van der Waals surface area contributed by atoms with Crippen molar-refractivity contribution in [1.29, 1.82) is 0 Å².